The molecule has 0 unspecified atom stereocenters. The highest BCUT2D eigenvalue weighted by molar-refractivity contribution is 6.20. The Morgan fingerprint density at radius 2 is 0.875 bits per heavy atom. The van der Waals surface area contributed by atoms with Crippen molar-refractivity contribution in [1.29, 1.82) is 10.5 Å². The molecule has 2 heteroatoms. The quantitative estimate of drug-likeness (QED) is 0.299. The average Bonchev–Trinajstić information content (AvgIpc) is 3.20. The van der Waals surface area contributed by atoms with E-state index in [1.54, 1.807) is 0 Å². The fourth-order valence-corrected chi connectivity index (χ4v) is 4.85. The lowest BCUT2D eigenvalue weighted by molar-refractivity contribution is 1.48. The molecule has 0 atom stereocenters. The Morgan fingerprint density at radius 1 is 0.438 bits per heavy atom. The lowest BCUT2D eigenvalue weighted by atomic mass is 9.87. The summed E-state index contributed by atoms with van der Waals surface area (Å²) in [6, 6.07) is 37.3. The van der Waals surface area contributed by atoms with Crippen LogP contribution in [0.2, 0.25) is 0 Å². The zero-order valence-electron chi connectivity index (χ0n) is 17.1. The normalized spacial score (nSPS) is 11.1. The molecule has 0 bridgehead atoms. The van der Waals surface area contributed by atoms with Crippen molar-refractivity contribution in [2.45, 2.75) is 0 Å². The van der Waals surface area contributed by atoms with Crippen LogP contribution in [-0.4, -0.2) is 0 Å². The van der Waals surface area contributed by atoms with Gasteiger partial charge in [0.15, 0.2) is 0 Å². The van der Waals surface area contributed by atoms with Crippen LogP contribution in [-0.2, 0) is 0 Å². The molecule has 0 radical (unpaired) electrons. The Kier molecular flexibility index (Phi) is 3.94. The Bertz CT molecular complexity index is 1490. The summed E-state index contributed by atoms with van der Waals surface area (Å²) < 4.78 is 0. The molecular formula is C30H16N2. The van der Waals surface area contributed by atoms with Gasteiger partial charge in [-0.15, -0.1) is 0 Å². The van der Waals surface area contributed by atoms with E-state index in [-0.39, 0.29) is 0 Å². The lowest BCUT2D eigenvalue weighted by Crippen LogP contribution is -1.90. The van der Waals surface area contributed by atoms with Gasteiger partial charge in [0.05, 0.1) is 23.3 Å². The molecule has 5 aromatic rings. The summed E-state index contributed by atoms with van der Waals surface area (Å²) in [4.78, 5) is 0. The van der Waals surface area contributed by atoms with E-state index >= 15 is 0 Å². The second-order valence-electron chi connectivity index (χ2n) is 8.00. The molecule has 0 spiro atoms. The number of benzene rings is 5. The van der Waals surface area contributed by atoms with Crippen LogP contribution in [0.15, 0.2) is 97.1 Å². The first kappa shape index (κ1) is 18.1. The first-order chi connectivity index (χ1) is 15.8. The summed E-state index contributed by atoms with van der Waals surface area (Å²) in [6.45, 7) is 0. The third-order valence-corrected chi connectivity index (χ3v) is 6.30. The molecule has 0 aromatic heterocycles. The summed E-state index contributed by atoms with van der Waals surface area (Å²) in [5, 5.41) is 20.9. The molecule has 1 aliphatic rings. The molecule has 6 rings (SSSR count). The van der Waals surface area contributed by atoms with Crippen molar-refractivity contribution in [3.05, 3.63) is 108 Å². The van der Waals surface area contributed by atoms with Crippen LogP contribution in [0, 0.1) is 22.7 Å². The molecule has 0 amide bonds. The molecule has 5 aromatic carbocycles. The fraction of sp³-hybridized carbons (Fsp3) is 0. The first-order valence-corrected chi connectivity index (χ1v) is 10.5. The van der Waals surface area contributed by atoms with Crippen LogP contribution in [0.1, 0.15) is 11.1 Å². The van der Waals surface area contributed by atoms with Crippen molar-refractivity contribution in [2.75, 3.05) is 0 Å². The van der Waals surface area contributed by atoms with E-state index in [2.05, 4.69) is 60.7 Å². The van der Waals surface area contributed by atoms with E-state index in [1.807, 2.05) is 48.5 Å². The molecule has 0 saturated carbocycles. The predicted molar refractivity (Wildman–Crippen MR) is 129 cm³/mol. The van der Waals surface area contributed by atoms with Crippen molar-refractivity contribution in [3.63, 3.8) is 0 Å². The summed E-state index contributed by atoms with van der Waals surface area (Å²) in [6.07, 6.45) is 0. The van der Waals surface area contributed by atoms with Gasteiger partial charge in [-0.2, -0.15) is 10.5 Å². The molecule has 0 saturated heterocycles. The number of rotatable bonds is 2. The van der Waals surface area contributed by atoms with E-state index in [9.17, 15) is 10.5 Å². The Balaban J connectivity index is 1.69. The smallest absolute Gasteiger partial charge is 0.0991 e. The van der Waals surface area contributed by atoms with Crippen molar-refractivity contribution >= 4 is 10.8 Å². The maximum absolute atomic E-state index is 9.20. The lowest BCUT2D eigenvalue weighted by Gasteiger charge is -2.16. The number of nitrogens with zero attached hydrogens (tertiary/aromatic N) is 2. The number of hydrogen-bond donors (Lipinski definition) is 0. The number of fused-ring (bicyclic) bond motifs is 3. The van der Waals surface area contributed by atoms with E-state index in [0.717, 1.165) is 22.3 Å². The van der Waals surface area contributed by atoms with Gasteiger partial charge < -0.3 is 0 Å². The molecular weight excluding hydrogens is 388 g/mol. The molecule has 0 heterocycles. The van der Waals surface area contributed by atoms with Crippen molar-refractivity contribution < 1.29 is 0 Å². The highest BCUT2D eigenvalue weighted by atomic mass is 14.3. The van der Waals surface area contributed by atoms with Gasteiger partial charge in [0.1, 0.15) is 0 Å². The van der Waals surface area contributed by atoms with E-state index in [4.69, 9.17) is 0 Å². The summed E-state index contributed by atoms with van der Waals surface area (Å²) in [5.41, 5.74) is 10.7. The SMILES string of the molecule is N#Cc1ccc(-c2ccc(-c3ccc(C#N)cc3)c3c2-c2cccc4cccc-3c24)cc1. The number of nitriles is 2. The van der Waals surface area contributed by atoms with Crippen molar-refractivity contribution in [3.8, 4) is 56.6 Å². The fourth-order valence-electron chi connectivity index (χ4n) is 4.85. The third kappa shape index (κ3) is 2.58. The molecule has 0 aliphatic heterocycles. The van der Waals surface area contributed by atoms with E-state index in [0.29, 0.717) is 11.1 Å². The van der Waals surface area contributed by atoms with E-state index in [1.165, 1.54) is 33.0 Å². The van der Waals surface area contributed by atoms with Crippen LogP contribution >= 0.6 is 0 Å². The van der Waals surface area contributed by atoms with Gasteiger partial charge in [-0.3, -0.25) is 0 Å². The molecule has 0 N–H and O–H groups in total. The largest absolute Gasteiger partial charge is 0.192 e. The minimum Gasteiger partial charge on any atom is -0.192 e. The second kappa shape index (κ2) is 6.95. The van der Waals surface area contributed by atoms with Gasteiger partial charge in [0.25, 0.3) is 0 Å². The van der Waals surface area contributed by atoms with Gasteiger partial charge in [-0.05, 0) is 79.5 Å². The first-order valence-electron chi connectivity index (χ1n) is 10.5. The minimum atomic E-state index is 0.657. The zero-order valence-corrected chi connectivity index (χ0v) is 17.1. The molecule has 1 aliphatic carbocycles. The Hall–Kier alpha value is -4.66. The zero-order chi connectivity index (χ0) is 21.7. The molecule has 0 fully saturated rings. The summed E-state index contributed by atoms with van der Waals surface area (Å²) in [5.74, 6) is 0. The summed E-state index contributed by atoms with van der Waals surface area (Å²) >= 11 is 0. The monoisotopic (exact) mass is 404 g/mol. The molecule has 32 heavy (non-hydrogen) atoms. The van der Waals surface area contributed by atoms with Crippen LogP contribution in [0.25, 0.3) is 55.3 Å². The van der Waals surface area contributed by atoms with E-state index < -0.39 is 0 Å². The second-order valence-corrected chi connectivity index (χ2v) is 8.00. The van der Waals surface area contributed by atoms with Gasteiger partial charge in [-0.1, -0.05) is 72.8 Å². The van der Waals surface area contributed by atoms with Crippen molar-refractivity contribution in [2.24, 2.45) is 0 Å². The number of hydrogen-bond acceptors (Lipinski definition) is 2. The Morgan fingerprint density at radius 3 is 1.28 bits per heavy atom. The molecule has 146 valence electrons. The van der Waals surface area contributed by atoms with Gasteiger partial charge in [0, 0.05) is 0 Å². The van der Waals surface area contributed by atoms with Gasteiger partial charge in [0.2, 0.25) is 0 Å². The summed E-state index contributed by atoms with van der Waals surface area (Å²) in [7, 11) is 0. The molecule has 2 nitrogen and oxygen atoms in total. The van der Waals surface area contributed by atoms with Gasteiger partial charge >= 0.3 is 0 Å². The maximum atomic E-state index is 9.20. The maximum Gasteiger partial charge on any atom is 0.0991 e. The van der Waals surface area contributed by atoms with Crippen LogP contribution < -0.4 is 0 Å². The Labute approximate surface area is 186 Å². The van der Waals surface area contributed by atoms with Crippen LogP contribution in [0.5, 0.6) is 0 Å². The predicted octanol–water partition coefficient (Wildman–Crippen LogP) is 7.56. The standard InChI is InChI=1S/C30H16N2/c31-17-19-7-11-21(12-8-19)24-15-16-25(22-13-9-20(18-32)10-14-22)30-27-6-2-4-23-3-1-5-26(28(23)27)29(24)30/h1-16H. The minimum absolute atomic E-state index is 0.657. The highest BCUT2D eigenvalue weighted by Crippen LogP contribution is 2.54. The topological polar surface area (TPSA) is 47.6 Å². The van der Waals surface area contributed by atoms with Crippen LogP contribution in [0.3, 0.4) is 0 Å². The highest BCUT2D eigenvalue weighted by Gasteiger charge is 2.27. The average molecular weight is 404 g/mol. The van der Waals surface area contributed by atoms with Crippen LogP contribution in [0.4, 0.5) is 0 Å². The van der Waals surface area contributed by atoms with Crippen molar-refractivity contribution in [1.82, 2.24) is 0 Å². The van der Waals surface area contributed by atoms with Gasteiger partial charge in [-0.25, -0.2) is 0 Å². The third-order valence-electron chi connectivity index (χ3n) is 6.30.